The number of hydrogen-bond acceptors (Lipinski definition) is 4. The van der Waals surface area contributed by atoms with Gasteiger partial charge in [0, 0.05) is 0 Å². The highest BCUT2D eigenvalue weighted by atomic mass is 16.5. The third-order valence-corrected chi connectivity index (χ3v) is 7.82. The molecule has 2 bridgehead atoms. The summed E-state index contributed by atoms with van der Waals surface area (Å²) in [5, 5.41) is 0. The number of allylic oxidation sites excluding steroid dienone is 2. The van der Waals surface area contributed by atoms with Gasteiger partial charge in [-0.2, -0.15) is 0 Å². The van der Waals surface area contributed by atoms with Crippen molar-refractivity contribution in [3.05, 3.63) is 65.7 Å². The molecule has 1 heterocycles. The first kappa shape index (κ1) is 19.5. The maximum absolute atomic E-state index is 13.0. The van der Waals surface area contributed by atoms with Gasteiger partial charge >= 0.3 is 5.97 Å². The lowest BCUT2D eigenvalue weighted by Gasteiger charge is -2.37. The van der Waals surface area contributed by atoms with Gasteiger partial charge in [0.25, 0.3) is 0 Å². The lowest BCUT2D eigenvalue weighted by atomic mass is 9.63. The predicted octanol–water partition coefficient (Wildman–Crippen LogP) is 3.93. The fraction of sp³-hybridized carbons (Fsp3) is 0.370. The fourth-order valence-corrected chi connectivity index (χ4v) is 6.15. The van der Waals surface area contributed by atoms with E-state index in [0.717, 1.165) is 28.0 Å². The molecule has 2 saturated carbocycles. The number of ether oxygens (including phenoxy) is 1. The van der Waals surface area contributed by atoms with Crippen LogP contribution in [0.4, 0.5) is 0 Å². The highest BCUT2D eigenvalue weighted by Crippen LogP contribution is 2.65. The summed E-state index contributed by atoms with van der Waals surface area (Å²) in [5.74, 6) is 0.296. The largest absolute Gasteiger partial charge is 0.425 e. The van der Waals surface area contributed by atoms with Crippen LogP contribution in [-0.4, -0.2) is 29.2 Å². The highest BCUT2D eigenvalue weighted by Gasteiger charge is 2.67. The average molecular weight is 428 g/mol. The van der Waals surface area contributed by atoms with E-state index in [-0.39, 0.29) is 42.0 Å². The molecule has 0 spiro atoms. The normalized spacial score (nSPS) is 31.5. The van der Waals surface area contributed by atoms with E-state index in [4.69, 9.17) is 4.74 Å². The molecule has 32 heavy (non-hydrogen) atoms. The predicted molar refractivity (Wildman–Crippen MR) is 118 cm³/mol. The van der Waals surface area contributed by atoms with Gasteiger partial charge in [-0.15, -0.1) is 0 Å². The number of esters is 1. The number of carbonyl (C=O) groups is 3. The maximum atomic E-state index is 13.0. The van der Waals surface area contributed by atoms with Crippen LogP contribution in [0.3, 0.4) is 0 Å². The number of carbonyl (C=O) groups excluding carboxylic acids is 3. The summed E-state index contributed by atoms with van der Waals surface area (Å²) in [6.45, 7) is 3.61. The van der Waals surface area contributed by atoms with Crippen LogP contribution >= 0.6 is 0 Å². The second-order valence-electron chi connectivity index (χ2n) is 9.74. The van der Waals surface area contributed by atoms with Crippen molar-refractivity contribution in [1.82, 2.24) is 4.90 Å². The molecule has 5 aliphatic rings. The van der Waals surface area contributed by atoms with Gasteiger partial charge in [-0.05, 0) is 72.8 Å². The first-order chi connectivity index (χ1) is 15.4. The third-order valence-electron chi connectivity index (χ3n) is 7.82. The van der Waals surface area contributed by atoms with Crippen molar-refractivity contribution in [2.24, 2.45) is 35.5 Å². The molecule has 2 amide bonds. The standard InChI is InChI=1S/C27H25NO4/c1-14-3-5-16(6-4-14)17-7-10-22(15(2)11-17)32-23(29)13-28-26(30)24-18-8-9-19(21-12-20(18)21)25(24)27(28)31/h3-11,18-21,24-25H,12-13H2,1-2H3/t18-,19+,20-,21-,24+,25-/m1/s1. The molecular formula is C27H25NO4. The summed E-state index contributed by atoms with van der Waals surface area (Å²) in [6, 6.07) is 13.9. The van der Waals surface area contributed by atoms with Gasteiger partial charge in [-0.1, -0.05) is 48.0 Å². The topological polar surface area (TPSA) is 63.7 Å². The minimum atomic E-state index is -0.581. The Bertz CT molecular complexity index is 1140. The minimum Gasteiger partial charge on any atom is -0.425 e. The second kappa shape index (κ2) is 6.89. The Morgan fingerprint density at radius 1 is 0.906 bits per heavy atom. The summed E-state index contributed by atoms with van der Waals surface area (Å²) >= 11 is 0. The molecule has 1 aliphatic heterocycles. The SMILES string of the molecule is Cc1ccc(-c2ccc(OC(=O)CN3C(=O)[C@@H]4[C@H]5C=C[C@H]([C@H]6C[C@H]56)[C@@H]4C3=O)c(C)c2)cc1. The number of rotatable bonds is 4. The van der Waals surface area contributed by atoms with Crippen LogP contribution in [0.5, 0.6) is 5.75 Å². The van der Waals surface area contributed by atoms with E-state index in [1.165, 1.54) is 5.56 Å². The quantitative estimate of drug-likeness (QED) is 0.321. The van der Waals surface area contributed by atoms with Gasteiger partial charge in [0.05, 0.1) is 11.8 Å². The van der Waals surface area contributed by atoms with Crippen molar-refractivity contribution in [2.75, 3.05) is 6.54 Å². The summed E-state index contributed by atoms with van der Waals surface area (Å²) in [4.78, 5) is 39.9. The number of hydrogen-bond donors (Lipinski definition) is 0. The molecule has 5 nitrogen and oxygen atoms in total. The van der Waals surface area contributed by atoms with Crippen LogP contribution in [0.2, 0.25) is 0 Å². The van der Waals surface area contributed by atoms with E-state index in [0.29, 0.717) is 17.6 Å². The first-order valence-electron chi connectivity index (χ1n) is 11.3. The molecule has 2 aromatic rings. The number of benzene rings is 2. The van der Waals surface area contributed by atoms with Crippen LogP contribution in [0.25, 0.3) is 11.1 Å². The lowest BCUT2D eigenvalue weighted by molar-refractivity contribution is -0.148. The van der Waals surface area contributed by atoms with E-state index in [1.54, 1.807) is 6.07 Å². The van der Waals surface area contributed by atoms with Gasteiger partial charge in [-0.3, -0.25) is 14.5 Å². The van der Waals surface area contributed by atoms with Crippen molar-refractivity contribution in [2.45, 2.75) is 20.3 Å². The van der Waals surface area contributed by atoms with Gasteiger partial charge in [0.1, 0.15) is 12.3 Å². The molecule has 5 heteroatoms. The number of amides is 2. The average Bonchev–Trinajstić information content (AvgIpc) is 3.57. The zero-order valence-corrected chi connectivity index (χ0v) is 18.2. The molecule has 0 radical (unpaired) electrons. The Morgan fingerprint density at radius 3 is 2.09 bits per heavy atom. The number of nitrogens with zero attached hydrogens (tertiary/aromatic N) is 1. The molecule has 4 aliphatic carbocycles. The zero-order valence-electron chi connectivity index (χ0n) is 18.2. The molecule has 162 valence electrons. The monoisotopic (exact) mass is 427 g/mol. The Balaban J connectivity index is 1.16. The lowest BCUT2D eigenvalue weighted by Crippen LogP contribution is -2.40. The first-order valence-corrected chi connectivity index (χ1v) is 11.3. The fourth-order valence-electron chi connectivity index (χ4n) is 6.15. The smallest absolute Gasteiger partial charge is 0.331 e. The molecule has 2 aromatic carbocycles. The molecule has 0 N–H and O–H groups in total. The number of imide groups is 1. The zero-order chi connectivity index (χ0) is 22.1. The van der Waals surface area contributed by atoms with Crippen LogP contribution in [0, 0.1) is 49.4 Å². The Hall–Kier alpha value is -3.21. The Morgan fingerprint density at radius 2 is 1.50 bits per heavy atom. The van der Waals surface area contributed by atoms with Crippen molar-refractivity contribution >= 4 is 17.8 Å². The Labute approximate surface area is 187 Å². The molecular weight excluding hydrogens is 402 g/mol. The molecule has 6 atom stereocenters. The van der Waals surface area contributed by atoms with Crippen molar-refractivity contribution in [3.63, 3.8) is 0 Å². The summed E-state index contributed by atoms with van der Waals surface area (Å²) in [5.41, 5.74) is 4.15. The second-order valence-corrected chi connectivity index (χ2v) is 9.74. The summed E-state index contributed by atoms with van der Waals surface area (Å²) in [6.07, 6.45) is 5.38. The molecule has 1 saturated heterocycles. The van der Waals surface area contributed by atoms with Crippen LogP contribution in [0.15, 0.2) is 54.6 Å². The van der Waals surface area contributed by atoms with Crippen molar-refractivity contribution in [1.29, 1.82) is 0 Å². The molecule has 3 fully saturated rings. The maximum Gasteiger partial charge on any atom is 0.331 e. The third kappa shape index (κ3) is 2.87. The van der Waals surface area contributed by atoms with E-state index >= 15 is 0 Å². The van der Waals surface area contributed by atoms with Crippen molar-refractivity contribution < 1.29 is 19.1 Å². The molecule has 0 unspecified atom stereocenters. The van der Waals surface area contributed by atoms with Gasteiger partial charge < -0.3 is 4.74 Å². The van der Waals surface area contributed by atoms with Gasteiger partial charge in [-0.25, -0.2) is 4.79 Å². The molecule has 7 rings (SSSR count). The number of likely N-dealkylation sites (tertiary alicyclic amines) is 1. The van der Waals surface area contributed by atoms with E-state index in [1.807, 2.05) is 26.0 Å². The van der Waals surface area contributed by atoms with E-state index < -0.39 is 5.97 Å². The van der Waals surface area contributed by atoms with E-state index in [9.17, 15) is 14.4 Å². The van der Waals surface area contributed by atoms with Crippen LogP contribution in [-0.2, 0) is 14.4 Å². The van der Waals surface area contributed by atoms with Gasteiger partial charge in [0.15, 0.2) is 0 Å². The number of aryl methyl sites for hydroxylation is 2. The highest BCUT2D eigenvalue weighted by molar-refractivity contribution is 6.08. The summed E-state index contributed by atoms with van der Waals surface area (Å²) < 4.78 is 5.57. The molecule has 0 aromatic heterocycles. The van der Waals surface area contributed by atoms with Crippen LogP contribution < -0.4 is 4.74 Å². The van der Waals surface area contributed by atoms with Gasteiger partial charge in [0.2, 0.25) is 11.8 Å². The van der Waals surface area contributed by atoms with E-state index in [2.05, 4.69) is 36.4 Å². The van der Waals surface area contributed by atoms with Crippen molar-refractivity contribution in [3.8, 4) is 16.9 Å². The van der Waals surface area contributed by atoms with Crippen LogP contribution in [0.1, 0.15) is 17.5 Å². The summed E-state index contributed by atoms with van der Waals surface area (Å²) in [7, 11) is 0. The minimum absolute atomic E-state index is 0.157. The Kier molecular flexibility index (Phi) is 4.19.